The molecule has 4 aliphatic rings. The van der Waals surface area contributed by atoms with Crippen LogP contribution in [0.1, 0.15) is 48.2 Å². The van der Waals surface area contributed by atoms with Gasteiger partial charge in [0.1, 0.15) is 53.3 Å². The molecule has 4 aliphatic heterocycles. The van der Waals surface area contributed by atoms with Crippen molar-refractivity contribution in [2.24, 2.45) is 7.05 Å². The highest BCUT2D eigenvalue weighted by atomic mass is 35.5. The minimum atomic E-state index is -0.978. The molecule has 1 unspecified atom stereocenters. The van der Waals surface area contributed by atoms with Crippen molar-refractivity contribution < 1.29 is 27.4 Å². The van der Waals surface area contributed by atoms with E-state index < -0.39 is 23.3 Å². The lowest BCUT2D eigenvalue weighted by Gasteiger charge is -2.39. The van der Waals surface area contributed by atoms with Crippen LogP contribution in [0, 0.1) is 23.0 Å². The Bertz CT molecular complexity index is 2400. The van der Waals surface area contributed by atoms with Gasteiger partial charge in [0.15, 0.2) is 11.6 Å². The first kappa shape index (κ1) is 34.9. The van der Waals surface area contributed by atoms with Crippen LogP contribution < -0.4 is 20.1 Å². The lowest BCUT2D eigenvalue weighted by atomic mass is 9.95. The molecule has 0 bridgehead atoms. The zero-order chi connectivity index (χ0) is 37.5. The number of benzene rings is 2. The van der Waals surface area contributed by atoms with Crippen LogP contribution in [0.15, 0.2) is 24.4 Å². The third-order valence-corrected chi connectivity index (χ3v) is 12.8. The molecule has 2 aromatic carbocycles. The number of halogens is 4. The van der Waals surface area contributed by atoms with Gasteiger partial charge in [-0.3, -0.25) is 14.4 Å². The first-order chi connectivity index (χ1) is 26.1. The molecule has 0 aliphatic carbocycles. The molecule has 280 valence electrons. The van der Waals surface area contributed by atoms with Crippen molar-refractivity contribution in [2.45, 2.75) is 49.9 Å². The number of alkyl halides is 1. The lowest BCUT2D eigenvalue weighted by molar-refractivity contribution is 0.0693. The standard InChI is InChI=1S/C37H35ClF3N9O3S/c1-47-24(7-9-44-47)35(51)48-10-2-4-20(17-48)50-12-13-52-31-27-30(45-36(46-34(27)50)53-18-37-8-3-11-49(37)16-19(39)14-37)29(41)26(28(31)38)21-5-6-23(40)32-25(21)22(15-42)33(43)54-32/h5-7,9,19-20H,2-4,8,10-14,16-18,43H2,1H3/t19-,20?,37+/m1/s1. The number of nitrogens with zero attached hydrogens (tertiary/aromatic N) is 8. The zero-order valence-electron chi connectivity index (χ0n) is 29.2. The molecule has 5 aromatic rings. The van der Waals surface area contributed by atoms with Crippen molar-refractivity contribution in [2.75, 3.05) is 56.6 Å². The van der Waals surface area contributed by atoms with Gasteiger partial charge in [0.2, 0.25) is 0 Å². The van der Waals surface area contributed by atoms with E-state index >= 15 is 8.78 Å². The van der Waals surface area contributed by atoms with Gasteiger partial charge in [0, 0.05) is 56.3 Å². The Hall–Kier alpha value is -4.85. The minimum absolute atomic E-state index is 0.0102. The van der Waals surface area contributed by atoms with E-state index in [9.17, 15) is 14.4 Å². The summed E-state index contributed by atoms with van der Waals surface area (Å²) in [4.78, 5) is 29.0. The summed E-state index contributed by atoms with van der Waals surface area (Å²) >= 11 is 8.00. The largest absolute Gasteiger partial charge is 0.489 e. The molecule has 3 atom stereocenters. The van der Waals surface area contributed by atoms with Crippen LogP contribution in [-0.4, -0.2) is 99.1 Å². The van der Waals surface area contributed by atoms with Gasteiger partial charge in [-0.15, -0.1) is 11.3 Å². The maximum Gasteiger partial charge on any atom is 0.319 e. The second-order valence-electron chi connectivity index (χ2n) is 14.4. The monoisotopic (exact) mass is 777 g/mol. The molecule has 3 aromatic heterocycles. The Labute approximate surface area is 316 Å². The van der Waals surface area contributed by atoms with E-state index in [2.05, 4.69) is 15.0 Å². The quantitative estimate of drug-likeness (QED) is 0.216. The van der Waals surface area contributed by atoms with Gasteiger partial charge >= 0.3 is 6.01 Å². The van der Waals surface area contributed by atoms with Crippen molar-refractivity contribution in [3.8, 4) is 29.0 Å². The Morgan fingerprint density at radius 3 is 2.83 bits per heavy atom. The molecule has 54 heavy (non-hydrogen) atoms. The van der Waals surface area contributed by atoms with Gasteiger partial charge in [-0.1, -0.05) is 17.7 Å². The number of nitriles is 1. The SMILES string of the molecule is Cn1nccc1C(=O)N1CCCC(N2CCOc3c(Cl)c(-c4ccc(F)c5sc(N)c(C#N)c45)c(F)c4nc(OC[C@@]56CCCN5C[C@H](F)C6)nc2c34)C1. The van der Waals surface area contributed by atoms with Gasteiger partial charge in [-0.25, -0.2) is 13.2 Å². The number of rotatable bonds is 6. The number of amides is 1. The van der Waals surface area contributed by atoms with E-state index in [1.807, 2.05) is 11.0 Å². The fourth-order valence-electron chi connectivity index (χ4n) is 8.88. The molecule has 12 nitrogen and oxygen atoms in total. The van der Waals surface area contributed by atoms with Crippen LogP contribution in [0.4, 0.5) is 24.0 Å². The van der Waals surface area contributed by atoms with Gasteiger partial charge in [-0.2, -0.15) is 20.3 Å². The summed E-state index contributed by atoms with van der Waals surface area (Å²) in [6.07, 6.45) is 4.00. The average Bonchev–Trinajstić information content (AvgIpc) is 3.89. The Balaban J connectivity index is 1.20. The fourth-order valence-corrected chi connectivity index (χ4v) is 10.2. The number of carbonyl (C=O) groups is 1. The Kier molecular flexibility index (Phi) is 8.51. The van der Waals surface area contributed by atoms with Crippen molar-refractivity contribution in [3.63, 3.8) is 0 Å². The number of anilines is 2. The molecule has 7 heterocycles. The Morgan fingerprint density at radius 2 is 2.04 bits per heavy atom. The highest BCUT2D eigenvalue weighted by Crippen LogP contribution is 2.51. The molecule has 0 radical (unpaired) electrons. The number of hydrogen-bond acceptors (Lipinski definition) is 11. The summed E-state index contributed by atoms with van der Waals surface area (Å²) in [5.74, 6) is -1.16. The van der Waals surface area contributed by atoms with E-state index in [0.717, 1.165) is 30.7 Å². The van der Waals surface area contributed by atoms with E-state index in [1.165, 1.54) is 12.1 Å². The summed E-state index contributed by atoms with van der Waals surface area (Å²) in [5, 5.41) is 14.5. The van der Waals surface area contributed by atoms with E-state index in [-0.39, 0.29) is 84.6 Å². The average molecular weight is 778 g/mol. The molecule has 0 saturated carbocycles. The second-order valence-corrected chi connectivity index (χ2v) is 15.9. The van der Waals surface area contributed by atoms with E-state index in [4.69, 9.17) is 31.8 Å². The number of ether oxygens (including phenoxy) is 2. The molecule has 3 saturated heterocycles. The minimum Gasteiger partial charge on any atom is -0.489 e. The van der Waals surface area contributed by atoms with Crippen molar-refractivity contribution in [3.05, 3.63) is 52.3 Å². The highest BCUT2D eigenvalue weighted by Gasteiger charge is 2.49. The second kappa shape index (κ2) is 13.2. The van der Waals surface area contributed by atoms with Crippen molar-refractivity contribution >= 4 is 60.7 Å². The van der Waals surface area contributed by atoms with Crippen LogP contribution in [0.3, 0.4) is 0 Å². The topological polar surface area (TPSA) is 139 Å². The number of aryl methyl sites for hydroxylation is 1. The lowest BCUT2D eigenvalue weighted by Crippen LogP contribution is -2.51. The summed E-state index contributed by atoms with van der Waals surface area (Å²) < 4.78 is 61.5. The number of nitrogen functional groups attached to an aromatic ring is 1. The number of piperidine rings is 1. The number of nitrogens with two attached hydrogens (primary N) is 1. The van der Waals surface area contributed by atoms with Crippen LogP contribution >= 0.6 is 22.9 Å². The van der Waals surface area contributed by atoms with Gasteiger partial charge in [0.05, 0.1) is 32.8 Å². The molecule has 0 spiro atoms. The highest BCUT2D eigenvalue weighted by molar-refractivity contribution is 7.23. The predicted octanol–water partition coefficient (Wildman–Crippen LogP) is 6.09. The van der Waals surface area contributed by atoms with Crippen LogP contribution in [-0.2, 0) is 7.05 Å². The first-order valence-corrected chi connectivity index (χ1v) is 19.1. The maximum atomic E-state index is 17.4. The maximum absolute atomic E-state index is 17.4. The molecule has 2 N–H and O–H groups in total. The normalized spacial score (nSPS) is 22.7. The van der Waals surface area contributed by atoms with Crippen LogP contribution in [0.2, 0.25) is 5.02 Å². The van der Waals surface area contributed by atoms with Crippen molar-refractivity contribution in [1.29, 1.82) is 5.26 Å². The molecule has 3 fully saturated rings. The smallest absolute Gasteiger partial charge is 0.319 e. The fraction of sp³-hybridized carbons (Fsp3) is 0.432. The van der Waals surface area contributed by atoms with E-state index in [0.29, 0.717) is 57.0 Å². The number of thiophene rings is 1. The van der Waals surface area contributed by atoms with Crippen LogP contribution in [0.5, 0.6) is 11.8 Å². The number of carbonyl (C=O) groups excluding carboxylic acids is 1. The van der Waals surface area contributed by atoms with E-state index in [1.54, 1.807) is 28.9 Å². The molecular formula is C37H35ClF3N9O3S. The van der Waals surface area contributed by atoms with Gasteiger partial charge < -0.3 is 25.0 Å². The van der Waals surface area contributed by atoms with Gasteiger partial charge in [0.25, 0.3) is 5.91 Å². The third kappa shape index (κ3) is 5.42. The summed E-state index contributed by atoms with van der Waals surface area (Å²) in [5.41, 5.74) is 5.95. The van der Waals surface area contributed by atoms with Crippen molar-refractivity contribution in [1.82, 2.24) is 29.5 Å². The third-order valence-electron chi connectivity index (χ3n) is 11.4. The molecule has 9 rings (SSSR count). The Morgan fingerprint density at radius 1 is 1.19 bits per heavy atom. The number of aromatic nitrogens is 4. The zero-order valence-corrected chi connectivity index (χ0v) is 30.8. The molecular weight excluding hydrogens is 743 g/mol. The number of hydrogen-bond donors (Lipinski definition) is 1. The number of fused-ring (bicyclic) bond motifs is 2. The summed E-state index contributed by atoms with van der Waals surface area (Å²) in [7, 11) is 1.72. The summed E-state index contributed by atoms with van der Waals surface area (Å²) in [6, 6.07) is 5.92. The summed E-state index contributed by atoms with van der Waals surface area (Å²) in [6.45, 7) is 2.55. The molecule has 1 amide bonds. The van der Waals surface area contributed by atoms with Crippen LogP contribution in [0.25, 0.3) is 32.1 Å². The number of likely N-dealkylation sites (tertiary alicyclic amines) is 1. The van der Waals surface area contributed by atoms with Gasteiger partial charge in [-0.05, 0) is 49.9 Å². The predicted molar refractivity (Wildman–Crippen MR) is 198 cm³/mol. The molecule has 17 heteroatoms. The first-order valence-electron chi connectivity index (χ1n) is 17.9.